The molecule has 2 rings (SSSR count). The molecule has 0 amide bonds. The summed E-state index contributed by atoms with van der Waals surface area (Å²) in [7, 11) is 0. The molecule has 1 nitrogen and oxygen atoms in total. The van der Waals surface area contributed by atoms with Gasteiger partial charge < -0.3 is 5.32 Å². The van der Waals surface area contributed by atoms with Gasteiger partial charge in [-0.3, -0.25) is 0 Å². The SMILES string of the molecule is CCCC1(Cc2ccc(CC)cc2)CCCCCN1. The van der Waals surface area contributed by atoms with Crippen molar-refractivity contribution in [2.75, 3.05) is 6.54 Å². The molecule has 1 heteroatoms. The molecule has 1 atom stereocenters. The summed E-state index contributed by atoms with van der Waals surface area (Å²) in [6.45, 7) is 5.74. The first kappa shape index (κ1) is 14.6. The van der Waals surface area contributed by atoms with Gasteiger partial charge in [-0.2, -0.15) is 0 Å². The third-order valence-electron chi connectivity index (χ3n) is 4.53. The maximum Gasteiger partial charge on any atom is 0.0221 e. The van der Waals surface area contributed by atoms with Crippen molar-refractivity contribution in [1.82, 2.24) is 5.32 Å². The topological polar surface area (TPSA) is 12.0 Å². The molecule has 19 heavy (non-hydrogen) atoms. The van der Waals surface area contributed by atoms with Gasteiger partial charge in [0, 0.05) is 5.54 Å². The van der Waals surface area contributed by atoms with Crippen molar-refractivity contribution < 1.29 is 0 Å². The molecular formula is C18H29N. The van der Waals surface area contributed by atoms with E-state index in [-0.39, 0.29) is 0 Å². The molecule has 0 aliphatic carbocycles. The number of aryl methyl sites for hydroxylation is 1. The Morgan fingerprint density at radius 3 is 2.42 bits per heavy atom. The fourth-order valence-electron chi connectivity index (χ4n) is 3.42. The molecule has 1 N–H and O–H groups in total. The monoisotopic (exact) mass is 259 g/mol. The number of nitrogens with one attached hydrogen (secondary N) is 1. The molecule has 1 aliphatic heterocycles. The zero-order valence-electron chi connectivity index (χ0n) is 12.7. The fraction of sp³-hybridized carbons (Fsp3) is 0.667. The minimum atomic E-state index is 0.360. The van der Waals surface area contributed by atoms with Crippen LogP contribution in [0.1, 0.15) is 63.5 Å². The van der Waals surface area contributed by atoms with Crippen LogP contribution in [0.3, 0.4) is 0 Å². The highest BCUT2D eigenvalue weighted by Gasteiger charge is 2.29. The van der Waals surface area contributed by atoms with Crippen LogP contribution in [0, 0.1) is 0 Å². The molecule has 1 aliphatic rings. The summed E-state index contributed by atoms with van der Waals surface area (Å²) in [5.74, 6) is 0. The van der Waals surface area contributed by atoms with E-state index in [1.54, 1.807) is 0 Å². The maximum absolute atomic E-state index is 3.87. The Morgan fingerprint density at radius 2 is 1.74 bits per heavy atom. The van der Waals surface area contributed by atoms with Crippen LogP contribution in [-0.4, -0.2) is 12.1 Å². The standard InChI is InChI=1S/C18H29N/c1-3-12-18(13-6-5-7-14-19-18)15-17-10-8-16(4-2)9-11-17/h8-11,19H,3-7,12-15H2,1-2H3. The summed E-state index contributed by atoms with van der Waals surface area (Å²) in [4.78, 5) is 0. The van der Waals surface area contributed by atoms with Crippen LogP contribution in [0.25, 0.3) is 0 Å². The highest BCUT2D eigenvalue weighted by atomic mass is 15.0. The molecule has 0 bridgehead atoms. The van der Waals surface area contributed by atoms with Crippen molar-refractivity contribution in [3.63, 3.8) is 0 Å². The van der Waals surface area contributed by atoms with Crippen molar-refractivity contribution in [1.29, 1.82) is 0 Å². The van der Waals surface area contributed by atoms with E-state index in [0.29, 0.717) is 5.54 Å². The van der Waals surface area contributed by atoms with E-state index >= 15 is 0 Å². The number of hydrogen-bond donors (Lipinski definition) is 1. The van der Waals surface area contributed by atoms with Crippen molar-refractivity contribution in [2.24, 2.45) is 0 Å². The lowest BCUT2D eigenvalue weighted by Crippen LogP contribution is -2.46. The van der Waals surface area contributed by atoms with Crippen LogP contribution in [0.5, 0.6) is 0 Å². The Balaban J connectivity index is 2.09. The molecule has 1 saturated heterocycles. The van der Waals surface area contributed by atoms with Gasteiger partial charge in [0.15, 0.2) is 0 Å². The minimum Gasteiger partial charge on any atom is -0.311 e. The second-order valence-electron chi connectivity index (χ2n) is 6.11. The molecule has 1 unspecified atom stereocenters. The van der Waals surface area contributed by atoms with Gasteiger partial charge >= 0.3 is 0 Å². The minimum absolute atomic E-state index is 0.360. The maximum atomic E-state index is 3.87. The van der Waals surface area contributed by atoms with E-state index in [4.69, 9.17) is 0 Å². The van der Waals surface area contributed by atoms with Gasteiger partial charge in [0.2, 0.25) is 0 Å². The predicted octanol–water partition coefficient (Wildman–Crippen LogP) is 4.49. The highest BCUT2D eigenvalue weighted by Crippen LogP contribution is 2.28. The van der Waals surface area contributed by atoms with Crippen LogP contribution in [0.15, 0.2) is 24.3 Å². The van der Waals surface area contributed by atoms with Crippen LogP contribution < -0.4 is 5.32 Å². The van der Waals surface area contributed by atoms with Crippen LogP contribution >= 0.6 is 0 Å². The lowest BCUT2D eigenvalue weighted by atomic mass is 9.82. The van der Waals surface area contributed by atoms with Crippen molar-refractivity contribution in [2.45, 2.75) is 70.8 Å². The summed E-state index contributed by atoms with van der Waals surface area (Å²) >= 11 is 0. The molecular weight excluding hydrogens is 230 g/mol. The summed E-state index contributed by atoms with van der Waals surface area (Å²) in [5.41, 5.74) is 3.31. The average molecular weight is 259 g/mol. The first-order chi connectivity index (χ1) is 9.28. The Morgan fingerprint density at radius 1 is 1.00 bits per heavy atom. The molecule has 0 radical (unpaired) electrons. The van der Waals surface area contributed by atoms with E-state index in [1.165, 1.54) is 62.6 Å². The largest absolute Gasteiger partial charge is 0.311 e. The van der Waals surface area contributed by atoms with Crippen LogP contribution in [0.4, 0.5) is 0 Å². The van der Waals surface area contributed by atoms with Gasteiger partial charge in [-0.25, -0.2) is 0 Å². The smallest absolute Gasteiger partial charge is 0.0221 e. The van der Waals surface area contributed by atoms with Gasteiger partial charge in [-0.1, -0.05) is 57.4 Å². The summed E-state index contributed by atoms with van der Waals surface area (Å²) in [5, 5.41) is 3.87. The van der Waals surface area contributed by atoms with Gasteiger partial charge in [-0.05, 0) is 49.8 Å². The second-order valence-corrected chi connectivity index (χ2v) is 6.11. The van der Waals surface area contributed by atoms with Gasteiger partial charge in [0.1, 0.15) is 0 Å². The molecule has 1 fully saturated rings. The van der Waals surface area contributed by atoms with Gasteiger partial charge in [-0.15, -0.1) is 0 Å². The third kappa shape index (κ3) is 4.07. The van der Waals surface area contributed by atoms with Gasteiger partial charge in [0.25, 0.3) is 0 Å². The van der Waals surface area contributed by atoms with E-state index in [1.807, 2.05) is 0 Å². The summed E-state index contributed by atoms with van der Waals surface area (Å²) in [6, 6.07) is 9.27. The predicted molar refractivity (Wildman–Crippen MR) is 83.6 cm³/mol. The zero-order valence-corrected chi connectivity index (χ0v) is 12.7. The van der Waals surface area contributed by atoms with E-state index < -0.39 is 0 Å². The molecule has 1 aromatic carbocycles. The van der Waals surface area contributed by atoms with Crippen molar-refractivity contribution >= 4 is 0 Å². The molecule has 0 spiro atoms. The Labute approximate surface area is 118 Å². The Bertz CT molecular complexity index is 358. The highest BCUT2D eigenvalue weighted by molar-refractivity contribution is 5.24. The average Bonchev–Trinajstić information content (AvgIpc) is 2.66. The summed E-state index contributed by atoms with van der Waals surface area (Å²) < 4.78 is 0. The fourth-order valence-corrected chi connectivity index (χ4v) is 3.42. The number of benzene rings is 1. The lowest BCUT2D eigenvalue weighted by Gasteiger charge is -2.34. The third-order valence-corrected chi connectivity index (χ3v) is 4.53. The van der Waals surface area contributed by atoms with Crippen molar-refractivity contribution in [3.8, 4) is 0 Å². The molecule has 106 valence electrons. The quantitative estimate of drug-likeness (QED) is 0.821. The normalized spacial score (nSPS) is 24.1. The molecule has 0 saturated carbocycles. The Hall–Kier alpha value is -0.820. The first-order valence-corrected chi connectivity index (χ1v) is 8.11. The van der Waals surface area contributed by atoms with E-state index in [2.05, 4.69) is 43.4 Å². The lowest BCUT2D eigenvalue weighted by molar-refractivity contribution is 0.288. The van der Waals surface area contributed by atoms with E-state index in [0.717, 1.165) is 6.42 Å². The summed E-state index contributed by atoms with van der Waals surface area (Å²) in [6.07, 6.45) is 10.4. The molecule has 0 aromatic heterocycles. The van der Waals surface area contributed by atoms with Crippen LogP contribution in [-0.2, 0) is 12.8 Å². The molecule has 1 aromatic rings. The van der Waals surface area contributed by atoms with Crippen molar-refractivity contribution in [3.05, 3.63) is 35.4 Å². The Kier molecular flexibility index (Phi) is 5.45. The van der Waals surface area contributed by atoms with Crippen LogP contribution in [0.2, 0.25) is 0 Å². The number of hydrogen-bond acceptors (Lipinski definition) is 1. The number of rotatable bonds is 5. The molecule has 1 heterocycles. The first-order valence-electron chi connectivity index (χ1n) is 8.11. The second kappa shape index (κ2) is 7.09. The van der Waals surface area contributed by atoms with E-state index in [9.17, 15) is 0 Å². The zero-order chi connectivity index (χ0) is 13.6. The van der Waals surface area contributed by atoms with Gasteiger partial charge in [0.05, 0.1) is 0 Å².